The fraction of sp³-hybridized carbons (Fsp3) is 0.333. The number of H-pyrrole nitrogens is 1. The molecule has 0 radical (unpaired) electrons. The number of likely N-dealkylation sites (N-methyl/N-ethyl adjacent to an activating group) is 1. The summed E-state index contributed by atoms with van der Waals surface area (Å²) < 4.78 is 13.3. The summed E-state index contributed by atoms with van der Waals surface area (Å²) in [5.74, 6) is -0.486. The van der Waals surface area contributed by atoms with Gasteiger partial charge in [0.15, 0.2) is 0 Å². The first-order valence-electron chi connectivity index (χ1n) is 7.10. The van der Waals surface area contributed by atoms with E-state index in [2.05, 4.69) is 15.2 Å². The number of halogens is 1. The monoisotopic (exact) mass is 304 g/mol. The van der Waals surface area contributed by atoms with E-state index in [9.17, 15) is 14.0 Å². The molecule has 0 saturated carbocycles. The SMILES string of the molecule is CN1CCN(C(=O)Nc2c[nH]c3ccc(F)cc3c2=O)CC1. The highest BCUT2D eigenvalue weighted by Gasteiger charge is 2.20. The predicted octanol–water partition coefficient (Wildman–Crippen LogP) is 1.45. The van der Waals surface area contributed by atoms with Crippen molar-refractivity contribution in [3.05, 3.63) is 40.4 Å². The van der Waals surface area contributed by atoms with Gasteiger partial charge in [-0.1, -0.05) is 0 Å². The molecule has 1 aliphatic rings. The van der Waals surface area contributed by atoms with Crippen LogP contribution in [0.15, 0.2) is 29.2 Å². The molecule has 7 heteroatoms. The number of rotatable bonds is 1. The van der Waals surface area contributed by atoms with Gasteiger partial charge in [0.1, 0.15) is 11.5 Å². The van der Waals surface area contributed by atoms with Crippen molar-refractivity contribution in [1.29, 1.82) is 0 Å². The maximum absolute atomic E-state index is 13.3. The number of carbonyl (C=O) groups is 1. The van der Waals surface area contributed by atoms with Gasteiger partial charge in [-0.3, -0.25) is 4.79 Å². The van der Waals surface area contributed by atoms with E-state index in [1.807, 2.05) is 7.05 Å². The zero-order chi connectivity index (χ0) is 15.7. The van der Waals surface area contributed by atoms with Gasteiger partial charge in [-0.15, -0.1) is 0 Å². The molecule has 1 saturated heterocycles. The molecule has 1 aromatic carbocycles. The van der Waals surface area contributed by atoms with Gasteiger partial charge in [0.05, 0.1) is 5.39 Å². The van der Waals surface area contributed by atoms with Crippen LogP contribution in [0.25, 0.3) is 10.9 Å². The average molecular weight is 304 g/mol. The molecule has 2 N–H and O–H groups in total. The van der Waals surface area contributed by atoms with Crippen molar-refractivity contribution in [3.8, 4) is 0 Å². The molecule has 6 nitrogen and oxygen atoms in total. The minimum Gasteiger partial charge on any atom is -0.359 e. The summed E-state index contributed by atoms with van der Waals surface area (Å²) in [6.07, 6.45) is 1.44. The van der Waals surface area contributed by atoms with Gasteiger partial charge in [0.25, 0.3) is 0 Å². The van der Waals surface area contributed by atoms with Crippen LogP contribution < -0.4 is 10.7 Å². The second-order valence-electron chi connectivity index (χ2n) is 5.44. The van der Waals surface area contributed by atoms with Gasteiger partial charge in [0, 0.05) is 37.9 Å². The molecule has 2 amide bonds. The fourth-order valence-electron chi connectivity index (χ4n) is 2.49. The maximum Gasteiger partial charge on any atom is 0.322 e. The second kappa shape index (κ2) is 5.76. The Bertz CT molecular complexity index is 766. The zero-order valence-corrected chi connectivity index (χ0v) is 12.2. The van der Waals surface area contributed by atoms with E-state index in [4.69, 9.17) is 0 Å². The van der Waals surface area contributed by atoms with Crippen LogP contribution in [0, 0.1) is 5.82 Å². The van der Waals surface area contributed by atoms with E-state index >= 15 is 0 Å². The fourth-order valence-corrected chi connectivity index (χ4v) is 2.49. The van der Waals surface area contributed by atoms with Crippen molar-refractivity contribution in [2.24, 2.45) is 0 Å². The molecule has 1 aliphatic heterocycles. The summed E-state index contributed by atoms with van der Waals surface area (Å²) >= 11 is 0. The first kappa shape index (κ1) is 14.5. The summed E-state index contributed by atoms with van der Waals surface area (Å²) in [6.45, 7) is 2.82. The number of nitrogens with zero attached hydrogens (tertiary/aromatic N) is 2. The molecule has 22 heavy (non-hydrogen) atoms. The highest BCUT2D eigenvalue weighted by atomic mass is 19.1. The van der Waals surface area contributed by atoms with Crippen LogP contribution in [-0.4, -0.2) is 54.0 Å². The number of anilines is 1. The number of nitrogens with one attached hydrogen (secondary N) is 2. The number of amides is 2. The Hall–Kier alpha value is -2.41. The molecular weight excluding hydrogens is 287 g/mol. The van der Waals surface area contributed by atoms with E-state index in [1.54, 1.807) is 4.90 Å². The van der Waals surface area contributed by atoms with Crippen LogP contribution >= 0.6 is 0 Å². The zero-order valence-electron chi connectivity index (χ0n) is 12.2. The minimum absolute atomic E-state index is 0.127. The standard InChI is InChI=1S/C15H17FN4O2/c1-19-4-6-20(7-5-19)15(22)18-13-9-17-12-3-2-10(16)8-11(12)14(13)21/h2-3,8-9H,4-7H2,1H3,(H,17,21)(H,18,22). The van der Waals surface area contributed by atoms with Gasteiger partial charge in [0.2, 0.25) is 5.43 Å². The topological polar surface area (TPSA) is 68.4 Å². The molecular formula is C15H17FN4O2. The third kappa shape index (κ3) is 2.80. The van der Waals surface area contributed by atoms with Crippen LogP contribution in [0.3, 0.4) is 0 Å². The largest absolute Gasteiger partial charge is 0.359 e. The summed E-state index contributed by atoms with van der Waals surface area (Å²) in [6, 6.07) is 3.63. The number of benzene rings is 1. The van der Waals surface area contributed by atoms with Crippen LogP contribution in [0.1, 0.15) is 0 Å². The summed E-state index contributed by atoms with van der Waals surface area (Å²) in [4.78, 5) is 31.2. The molecule has 0 unspecified atom stereocenters. The lowest BCUT2D eigenvalue weighted by Crippen LogP contribution is -2.48. The Kier molecular flexibility index (Phi) is 3.81. The van der Waals surface area contributed by atoms with Crippen LogP contribution in [0.4, 0.5) is 14.9 Å². The van der Waals surface area contributed by atoms with Crippen molar-refractivity contribution < 1.29 is 9.18 Å². The number of carbonyl (C=O) groups excluding carboxylic acids is 1. The van der Waals surface area contributed by atoms with Gasteiger partial charge in [-0.05, 0) is 25.2 Å². The Morgan fingerprint density at radius 2 is 2.00 bits per heavy atom. The molecule has 116 valence electrons. The summed E-state index contributed by atoms with van der Waals surface area (Å²) in [5, 5.41) is 2.83. The third-order valence-electron chi connectivity index (χ3n) is 3.87. The maximum atomic E-state index is 13.3. The smallest absolute Gasteiger partial charge is 0.322 e. The average Bonchev–Trinajstić information content (AvgIpc) is 2.51. The van der Waals surface area contributed by atoms with Crippen molar-refractivity contribution in [3.63, 3.8) is 0 Å². The van der Waals surface area contributed by atoms with E-state index in [1.165, 1.54) is 24.4 Å². The lowest BCUT2D eigenvalue weighted by molar-refractivity contribution is 0.164. The Morgan fingerprint density at radius 1 is 1.27 bits per heavy atom. The number of piperazine rings is 1. The normalized spacial score (nSPS) is 16.0. The van der Waals surface area contributed by atoms with Crippen molar-refractivity contribution >= 4 is 22.6 Å². The molecule has 2 heterocycles. The minimum atomic E-state index is -0.486. The number of fused-ring (bicyclic) bond motifs is 1. The number of pyridine rings is 1. The highest BCUT2D eigenvalue weighted by Crippen LogP contribution is 2.12. The van der Waals surface area contributed by atoms with Crippen molar-refractivity contribution in [2.75, 3.05) is 38.5 Å². The van der Waals surface area contributed by atoms with Crippen LogP contribution in [0.2, 0.25) is 0 Å². The number of hydrogen-bond acceptors (Lipinski definition) is 3. The summed E-state index contributed by atoms with van der Waals surface area (Å²) in [7, 11) is 2.00. The van der Waals surface area contributed by atoms with Gasteiger partial charge >= 0.3 is 6.03 Å². The molecule has 0 atom stereocenters. The second-order valence-corrected chi connectivity index (χ2v) is 5.44. The van der Waals surface area contributed by atoms with E-state index in [0.29, 0.717) is 18.6 Å². The highest BCUT2D eigenvalue weighted by molar-refractivity contribution is 5.92. The van der Waals surface area contributed by atoms with Crippen molar-refractivity contribution in [1.82, 2.24) is 14.8 Å². The Balaban J connectivity index is 1.83. The molecule has 1 aromatic heterocycles. The molecule has 1 fully saturated rings. The summed E-state index contributed by atoms with van der Waals surface area (Å²) in [5.41, 5.74) is 0.266. The molecule has 0 aliphatic carbocycles. The molecule has 0 spiro atoms. The van der Waals surface area contributed by atoms with E-state index in [-0.39, 0.29) is 17.1 Å². The Labute approximate surface area is 126 Å². The third-order valence-corrected chi connectivity index (χ3v) is 3.87. The van der Waals surface area contributed by atoms with E-state index < -0.39 is 11.2 Å². The van der Waals surface area contributed by atoms with Crippen LogP contribution in [-0.2, 0) is 0 Å². The number of urea groups is 1. The van der Waals surface area contributed by atoms with Crippen molar-refractivity contribution in [2.45, 2.75) is 0 Å². The number of aromatic amines is 1. The molecule has 0 bridgehead atoms. The lowest BCUT2D eigenvalue weighted by Gasteiger charge is -2.32. The number of hydrogen-bond donors (Lipinski definition) is 2. The molecule has 3 rings (SSSR count). The Morgan fingerprint density at radius 3 is 2.73 bits per heavy atom. The number of aromatic nitrogens is 1. The van der Waals surface area contributed by atoms with Gasteiger partial charge in [-0.2, -0.15) is 0 Å². The van der Waals surface area contributed by atoms with Gasteiger partial charge in [-0.25, -0.2) is 9.18 Å². The van der Waals surface area contributed by atoms with Crippen LogP contribution in [0.5, 0.6) is 0 Å². The first-order valence-corrected chi connectivity index (χ1v) is 7.10. The lowest BCUT2D eigenvalue weighted by atomic mass is 10.2. The van der Waals surface area contributed by atoms with Gasteiger partial charge < -0.3 is 20.1 Å². The predicted molar refractivity (Wildman–Crippen MR) is 82.6 cm³/mol. The molecule has 2 aromatic rings. The van der Waals surface area contributed by atoms with E-state index in [0.717, 1.165) is 13.1 Å². The first-order chi connectivity index (χ1) is 10.5. The quantitative estimate of drug-likeness (QED) is 0.838.